The number of unbranched alkanes of at least 4 members (excludes halogenated alkanes) is 4. The lowest BCUT2D eigenvalue weighted by Gasteiger charge is -2.16. The third-order valence-corrected chi connectivity index (χ3v) is 7.73. The largest absolute Gasteiger partial charge is 0.356 e. The highest BCUT2D eigenvalue weighted by Crippen LogP contribution is 2.33. The molecule has 0 bridgehead atoms. The zero-order chi connectivity index (χ0) is 29.0. The Morgan fingerprint density at radius 3 is 2.36 bits per heavy atom. The first-order valence-electron chi connectivity index (χ1n) is 13.9. The van der Waals surface area contributed by atoms with Crippen LogP contribution < -0.4 is 26.6 Å². The summed E-state index contributed by atoms with van der Waals surface area (Å²) in [6, 6.07) is 0.396. The molecular weight excluding hydrogens is 520 g/mol. The molecule has 11 nitrogen and oxygen atoms in total. The fraction of sp³-hybridized carbons (Fsp3) is 0.667. The summed E-state index contributed by atoms with van der Waals surface area (Å²) < 4.78 is 0. The molecule has 3 unspecified atom stereocenters. The van der Waals surface area contributed by atoms with Crippen molar-refractivity contribution >= 4 is 41.9 Å². The van der Waals surface area contributed by atoms with Crippen LogP contribution in [-0.4, -0.2) is 85.3 Å². The third kappa shape index (κ3) is 13.6. The Morgan fingerprint density at radius 1 is 1.00 bits per heavy atom. The van der Waals surface area contributed by atoms with E-state index in [0.717, 1.165) is 50.7 Å². The van der Waals surface area contributed by atoms with Gasteiger partial charge in [0.2, 0.25) is 18.2 Å². The molecule has 220 valence electrons. The quantitative estimate of drug-likeness (QED) is 0.0596. The molecule has 5 N–H and O–H groups in total. The highest BCUT2D eigenvalue weighted by molar-refractivity contribution is 8.00. The van der Waals surface area contributed by atoms with Gasteiger partial charge in [-0.2, -0.15) is 11.8 Å². The summed E-state index contributed by atoms with van der Waals surface area (Å²) in [5, 5.41) is 14.6. The molecule has 6 amide bonds. The van der Waals surface area contributed by atoms with Gasteiger partial charge in [-0.15, -0.1) is 0 Å². The van der Waals surface area contributed by atoms with Crippen molar-refractivity contribution in [3.05, 3.63) is 23.9 Å². The van der Waals surface area contributed by atoms with Crippen molar-refractivity contribution in [1.82, 2.24) is 31.5 Å². The molecule has 2 saturated heterocycles. The van der Waals surface area contributed by atoms with E-state index in [1.165, 1.54) is 37.3 Å². The SMILES string of the molecule is CC.CNC(=O)C(=C\N(C)C=O)/C=C/C(=O)NCCCCCCNC(=O)CCCCC1SCC2NC(=O)NC21. The molecule has 0 aliphatic carbocycles. The fourth-order valence-corrected chi connectivity index (χ4v) is 5.74. The minimum atomic E-state index is -0.399. The number of urea groups is 1. The van der Waals surface area contributed by atoms with Crippen LogP contribution in [0.3, 0.4) is 0 Å². The second kappa shape index (κ2) is 20.0. The van der Waals surface area contributed by atoms with Gasteiger partial charge in [0.25, 0.3) is 5.91 Å². The maximum Gasteiger partial charge on any atom is 0.315 e. The predicted molar refractivity (Wildman–Crippen MR) is 155 cm³/mol. The summed E-state index contributed by atoms with van der Waals surface area (Å²) in [5.74, 6) is 0.323. The van der Waals surface area contributed by atoms with E-state index in [-0.39, 0.29) is 35.5 Å². The molecule has 0 aromatic carbocycles. The first-order chi connectivity index (χ1) is 18.8. The van der Waals surface area contributed by atoms with Crippen LogP contribution in [0.5, 0.6) is 0 Å². The summed E-state index contributed by atoms with van der Waals surface area (Å²) in [6.07, 6.45) is 11.5. The van der Waals surface area contributed by atoms with Gasteiger partial charge in [-0.3, -0.25) is 19.2 Å². The number of thioether (sulfide) groups is 1. The van der Waals surface area contributed by atoms with Crippen molar-refractivity contribution < 1.29 is 24.0 Å². The van der Waals surface area contributed by atoms with Gasteiger partial charge in [0.05, 0.1) is 17.7 Å². The van der Waals surface area contributed by atoms with E-state index < -0.39 is 5.91 Å². The smallest absolute Gasteiger partial charge is 0.315 e. The number of rotatable bonds is 17. The van der Waals surface area contributed by atoms with E-state index in [1.54, 1.807) is 0 Å². The Morgan fingerprint density at radius 2 is 1.69 bits per heavy atom. The second-order valence-corrected chi connectivity index (χ2v) is 10.5. The number of amides is 6. The Bertz CT molecular complexity index is 866. The average Bonchev–Trinajstić information content (AvgIpc) is 3.49. The topological polar surface area (TPSA) is 149 Å². The number of nitrogens with zero attached hydrogens (tertiary/aromatic N) is 1. The van der Waals surface area contributed by atoms with Crippen LogP contribution in [0.4, 0.5) is 4.79 Å². The lowest BCUT2D eigenvalue weighted by atomic mass is 10.0. The van der Waals surface area contributed by atoms with E-state index in [2.05, 4.69) is 26.6 Å². The summed E-state index contributed by atoms with van der Waals surface area (Å²) >= 11 is 1.90. The van der Waals surface area contributed by atoms with Crippen LogP contribution in [0, 0.1) is 0 Å². The molecule has 2 rings (SSSR count). The van der Waals surface area contributed by atoms with Gasteiger partial charge in [0.1, 0.15) is 0 Å². The van der Waals surface area contributed by atoms with Crippen LogP contribution in [0.25, 0.3) is 0 Å². The van der Waals surface area contributed by atoms with E-state index in [4.69, 9.17) is 0 Å². The molecule has 0 saturated carbocycles. The molecule has 3 atom stereocenters. The third-order valence-electron chi connectivity index (χ3n) is 6.22. The first-order valence-corrected chi connectivity index (χ1v) is 14.9. The van der Waals surface area contributed by atoms with Gasteiger partial charge in [-0.1, -0.05) is 33.1 Å². The van der Waals surface area contributed by atoms with Crippen molar-refractivity contribution in [3.63, 3.8) is 0 Å². The number of fused-ring (bicyclic) bond motifs is 1. The van der Waals surface area contributed by atoms with E-state index in [1.807, 2.05) is 25.6 Å². The van der Waals surface area contributed by atoms with Crippen molar-refractivity contribution in [2.75, 3.05) is 32.9 Å². The predicted octanol–water partition coefficient (Wildman–Crippen LogP) is 1.81. The van der Waals surface area contributed by atoms with Crippen LogP contribution in [0.1, 0.15) is 65.2 Å². The number of hydrogen-bond acceptors (Lipinski definition) is 6. The number of nitrogens with one attached hydrogen (secondary N) is 5. The van der Waals surface area contributed by atoms with Crippen LogP contribution >= 0.6 is 11.8 Å². The monoisotopic (exact) mass is 566 g/mol. The van der Waals surface area contributed by atoms with Gasteiger partial charge in [0, 0.05) is 56.9 Å². The van der Waals surface area contributed by atoms with Gasteiger partial charge in [-0.25, -0.2) is 4.79 Å². The van der Waals surface area contributed by atoms with E-state index in [0.29, 0.717) is 31.2 Å². The summed E-state index contributed by atoms with van der Waals surface area (Å²) in [6.45, 7) is 5.17. The maximum absolute atomic E-state index is 12.0. The zero-order valence-electron chi connectivity index (χ0n) is 23.7. The molecule has 2 aliphatic heterocycles. The molecule has 0 spiro atoms. The van der Waals surface area contributed by atoms with Gasteiger partial charge < -0.3 is 31.5 Å². The molecule has 2 heterocycles. The highest BCUT2D eigenvalue weighted by atomic mass is 32.2. The van der Waals surface area contributed by atoms with Crippen molar-refractivity contribution in [2.45, 2.75) is 82.5 Å². The molecule has 0 radical (unpaired) electrons. The fourth-order valence-electron chi connectivity index (χ4n) is 4.20. The molecule has 0 aromatic heterocycles. The van der Waals surface area contributed by atoms with Crippen LogP contribution in [0.15, 0.2) is 23.9 Å². The maximum atomic E-state index is 12.0. The number of carbonyl (C=O) groups is 5. The number of hydrogen-bond donors (Lipinski definition) is 5. The van der Waals surface area contributed by atoms with Crippen molar-refractivity contribution in [1.29, 1.82) is 0 Å². The van der Waals surface area contributed by atoms with Crippen molar-refractivity contribution in [2.24, 2.45) is 0 Å². The van der Waals surface area contributed by atoms with E-state index in [9.17, 15) is 24.0 Å². The summed E-state index contributed by atoms with van der Waals surface area (Å²) in [4.78, 5) is 59.2. The lowest BCUT2D eigenvalue weighted by molar-refractivity contribution is -0.121. The number of carbonyl (C=O) groups excluding carboxylic acids is 5. The standard InChI is InChI=1S/C25H40N6O5S.C2H6/c1-26-24(35)18(15-31(2)17-32)11-12-22(34)28-14-8-4-3-7-13-27-21(33)10-6-5-9-20-23-19(16-37-20)29-25(36)30-23;1-2/h11-12,15,17,19-20,23H,3-10,13-14,16H2,1-2H3,(H,26,35)(H,27,33)(H,28,34)(H2,29,30,36);1-2H3/b12-11+,18-15-;. The minimum absolute atomic E-state index is 0.0659. The molecule has 0 aromatic rings. The van der Waals surface area contributed by atoms with E-state index >= 15 is 0 Å². The van der Waals surface area contributed by atoms with Gasteiger partial charge >= 0.3 is 6.03 Å². The van der Waals surface area contributed by atoms with Gasteiger partial charge in [-0.05, 0) is 31.8 Å². The lowest BCUT2D eigenvalue weighted by Crippen LogP contribution is -2.36. The highest BCUT2D eigenvalue weighted by Gasteiger charge is 2.42. The first kappa shape index (κ1) is 34.0. The molecular formula is C27H46N6O5S. The Labute approximate surface area is 236 Å². The Balaban J connectivity index is 0.00000371. The Kier molecular flexibility index (Phi) is 17.4. The molecule has 12 heteroatoms. The minimum Gasteiger partial charge on any atom is -0.356 e. The summed E-state index contributed by atoms with van der Waals surface area (Å²) in [5.41, 5.74) is 0.192. The van der Waals surface area contributed by atoms with Crippen LogP contribution in [-0.2, 0) is 19.2 Å². The normalized spacial score (nSPS) is 19.7. The van der Waals surface area contributed by atoms with Crippen LogP contribution in [0.2, 0.25) is 0 Å². The zero-order valence-corrected chi connectivity index (χ0v) is 24.5. The summed E-state index contributed by atoms with van der Waals surface area (Å²) in [7, 11) is 2.97. The molecule has 39 heavy (non-hydrogen) atoms. The van der Waals surface area contributed by atoms with Crippen molar-refractivity contribution in [3.8, 4) is 0 Å². The molecule has 2 fully saturated rings. The Hall–Kier alpha value is -3.02. The second-order valence-electron chi connectivity index (χ2n) is 9.19. The number of likely N-dealkylation sites (N-methyl/N-ethyl adjacent to an activating group) is 1. The molecule has 2 aliphatic rings. The average molecular weight is 567 g/mol. The van der Waals surface area contributed by atoms with Gasteiger partial charge in [0.15, 0.2) is 0 Å².